The third kappa shape index (κ3) is 3.42. The van der Waals surface area contributed by atoms with Crippen molar-refractivity contribution < 1.29 is 19.4 Å². The van der Waals surface area contributed by atoms with E-state index in [2.05, 4.69) is 0 Å². The molecule has 2 aromatic carbocycles. The number of carbonyl (C=O) groups is 2. The van der Waals surface area contributed by atoms with E-state index in [1.165, 1.54) is 0 Å². The summed E-state index contributed by atoms with van der Waals surface area (Å²) in [5.74, 6) is -2.60. The van der Waals surface area contributed by atoms with E-state index in [9.17, 15) is 9.59 Å². The molecule has 0 aliphatic carbocycles. The predicted octanol–water partition coefficient (Wildman–Crippen LogP) is 2.27. The van der Waals surface area contributed by atoms with Crippen molar-refractivity contribution in [2.75, 3.05) is 0 Å². The highest BCUT2D eigenvalue weighted by atomic mass is 16.6. The van der Waals surface area contributed by atoms with E-state index in [0.717, 1.165) is 11.1 Å². The van der Waals surface area contributed by atoms with Crippen molar-refractivity contribution in [2.45, 2.75) is 6.42 Å². The average Bonchev–Trinajstić information content (AvgIpc) is 2.42. The lowest BCUT2D eigenvalue weighted by Gasteiger charge is -2.08. The van der Waals surface area contributed by atoms with E-state index in [4.69, 9.17) is 9.84 Å². The first-order valence-corrected chi connectivity index (χ1v) is 5.74. The largest absolute Gasteiger partial charge is 0.473 e. The Hall–Kier alpha value is -2.62. The lowest BCUT2D eigenvalue weighted by atomic mass is 10.0. The Morgan fingerprint density at radius 3 is 2.26 bits per heavy atom. The maximum Gasteiger partial charge on any atom is 0.422 e. The first-order valence-electron chi connectivity index (χ1n) is 5.74. The average molecular weight is 256 g/mol. The van der Waals surface area contributed by atoms with Gasteiger partial charge in [-0.3, -0.25) is 0 Å². The molecule has 4 heteroatoms. The van der Waals surface area contributed by atoms with E-state index < -0.39 is 11.9 Å². The topological polar surface area (TPSA) is 63.6 Å². The van der Waals surface area contributed by atoms with Gasteiger partial charge in [0, 0.05) is 6.42 Å². The second-order valence-corrected chi connectivity index (χ2v) is 3.96. The molecule has 0 aliphatic rings. The molecule has 19 heavy (non-hydrogen) atoms. The van der Waals surface area contributed by atoms with Crippen molar-refractivity contribution in [1.82, 2.24) is 0 Å². The Labute approximate surface area is 110 Å². The summed E-state index contributed by atoms with van der Waals surface area (Å²) in [7, 11) is 0. The maximum atomic E-state index is 11.1. The minimum atomic E-state index is -1.60. The Bertz CT molecular complexity index is 590. The molecule has 2 aromatic rings. The highest BCUT2D eigenvalue weighted by Crippen LogP contribution is 2.21. The van der Waals surface area contributed by atoms with Gasteiger partial charge in [-0.1, -0.05) is 48.5 Å². The van der Waals surface area contributed by atoms with E-state index in [-0.39, 0.29) is 5.75 Å². The van der Waals surface area contributed by atoms with Gasteiger partial charge in [-0.2, -0.15) is 0 Å². The molecule has 4 nitrogen and oxygen atoms in total. The van der Waals surface area contributed by atoms with Crippen LogP contribution in [0.5, 0.6) is 5.75 Å². The molecule has 0 spiro atoms. The summed E-state index contributed by atoms with van der Waals surface area (Å²) < 4.78 is 4.84. The highest BCUT2D eigenvalue weighted by Gasteiger charge is 2.16. The molecule has 0 aromatic heterocycles. The number of esters is 1. The molecule has 0 unspecified atom stereocenters. The van der Waals surface area contributed by atoms with Gasteiger partial charge in [0.1, 0.15) is 5.75 Å². The van der Waals surface area contributed by atoms with Crippen LogP contribution in [0.25, 0.3) is 0 Å². The monoisotopic (exact) mass is 256 g/mol. The lowest BCUT2D eigenvalue weighted by molar-refractivity contribution is -0.158. The number of rotatable bonds is 3. The summed E-state index contributed by atoms with van der Waals surface area (Å²) in [4.78, 5) is 21.6. The Morgan fingerprint density at radius 2 is 1.58 bits per heavy atom. The Kier molecular flexibility index (Phi) is 3.93. The summed E-state index contributed by atoms with van der Waals surface area (Å²) in [6, 6.07) is 16.6. The molecule has 0 fully saturated rings. The number of ether oxygens (including phenoxy) is 1. The van der Waals surface area contributed by atoms with Crippen molar-refractivity contribution in [3.8, 4) is 5.75 Å². The number of benzene rings is 2. The number of carboxylic acid groups (broad SMARTS) is 1. The van der Waals surface area contributed by atoms with Crippen molar-refractivity contribution in [3.63, 3.8) is 0 Å². The van der Waals surface area contributed by atoms with Crippen LogP contribution < -0.4 is 4.74 Å². The number of hydrogen-bond acceptors (Lipinski definition) is 3. The summed E-state index contributed by atoms with van der Waals surface area (Å²) in [5, 5.41) is 8.55. The molecule has 0 saturated heterocycles. The zero-order valence-electron chi connectivity index (χ0n) is 10.1. The molecule has 0 heterocycles. The maximum absolute atomic E-state index is 11.1. The number of hydrogen-bond donors (Lipinski definition) is 1. The van der Waals surface area contributed by atoms with E-state index in [0.29, 0.717) is 6.42 Å². The van der Waals surface area contributed by atoms with Gasteiger partial charge in [-0.05, 0) is 17.2 Å². The van der Waals surface area contributed by atoms with Gasteiger partial charge in [0.15, 0.2) is 0 Å². The molecule has 1 N–H and O–H groups in total. The molecule has 0 radical (unpaired) electrons. The molecular formula is C15H12O4. The molecule has 0 amide bonds. The number of carboxylic acids is 1. The van der Waals surface area contributed by atoms with Gasteiger partial charge in [-0.15, -0.1) is 0 Å². The highest BCUT2D eigenvalue weighted by molar-refractivity contribution is 6.29. The smallest absolute Gasteiger partial charge is 0.422 e. The first-order chi connectivity index (χ1) is 9.16. The molecular weight excluding hydrogens is 244 g/mol. The third-order valence-corrected chi connectivity index (χ3v) is 2.59. The second kappa shape index (κ2) is 5.82. The van der Waals surface area contributed by atoms with Crippen molar-refractivity contribution in [1.29, 1.82) is 0 Å². The van der Waals surface area contributed by atoms with Crippen molar-refractivity contribution >= 4 is 11.9 Å². The number of aliphatic carboxylic acids is 1. The summed E-state index contributed by atoms with van der Waals surface area (Å²) in [5.41, 5.74) is 1.82. The third-order valence-electron chi connectivity index (χ3n) is 2.59. The summed E-state index contributed by atoms with van der Waals surface area (Å²) >= 11 is 0. The quantitative estimate of drug-likeness (QED) is 0.520. The normalized spacial score (nSPS) is 9.89. The fraction of sp³-hybridized carbons (Fsp3) is 0.0667. The van der Waals surface area contributed by atoms with Gasteiger partial charge < -0.3 is 9.84 Å². The van der Waals surface area contributed by atoms with Gasteiger partial charge in [0.05, 0.1) is 0 Å². The number of carbonyl (C=O) groups excluding carboxylic acids is 1. The standard InChI is InChI=1S/C15H12O4/c16-14(17)15(18)19-13-9-5-4-8-12(13)10-11-6-2-1-3-7-11/h1-9H,10H2,(H,16,17). The predicted molar refractivity (Wildman–Crippen MR) is 69.0 cm³/mol. The van der Waals surface area contributed by atoms with Crippen LogP contribution in [0.15, 0.2) is 54.6 Å². The van der Waals surface area contributed by atoms with Crippen LogP contribution in [0.2, 0.25) is 0 Å². The van der Waals surface area contributed by atoms with Gasteiger partial charge in [-0.25, -0.2) is 9.59 Å². The van der Waals surface area contributed by atoms with Crippen molar-refractivity contribution in [3.05, 3.63) is 65.7 Å². The van der Waals surface area contributed by atoms with Crippen LogP contribution in [0.1, 0.15) is 11.1 Å². The zero-order valence-corrected chi connectivity index (χ0v) is 10.1. The van der Waals surface area contributed by atoms with Crippen LogP contribution in [0.4, 0.5) is 0 Å². The SMILES string of the molecule is O=C(O)C(=O)Oc1ccccc1Cc1ccccc1. The molecule has 96 valence electrons. The van der Waals surface area contributed by atoms with Crippen LogP contribution >= 0.6 is 0 Å². The van der Waals surface area contributed by atoms with Gasteiger partial charge >= 0.3 is 11.9 Å². The second-order valence-electron chi connectivity index (χ2n) is 3.96. The Morgan fingerprint density at radius 1 is 0.947 bits per heavy atom. The van der Waals surface area contributed by atoms with E-state index in [1.54, 1.807) is 18.2 Å². The van der Waals surface area contributed by atoms with Crippen LogP contribution in [0, 0.1) is 0 Å². The van der Waals surface area contributed by atoms with Crippen LogP contribution in [0.3, 0.4) is 0 Å². The minimum Gasteiger partial charge on any atom is -0.473 e. The zero-order chi connectivity index (χ0) is 13.7. The first kappa shape index (κ1) is 12.8. The molecule has 0 bridgehead atoms. The number of para-hydroxylation sites is 1. The lowest BCUT2D eigenvalue weighted by Crippen LogP contribution is -2.19. The van der Waals surface area contributed by atoms with E-state index >= 15 is 0 Å². The van der Waals surface area contributed by atoms with Crippen LogP contribution in [-0.2, 0) is 16.0 Å². The molecule has 2 rings (SSSR count). The fourth-order valence-corrected chi connectivity index (χ4v) is 1.71. The molecule has 0 atom stereocenters. The minimum absolute atomic E-state index is 0.277. The van der Waals surface area contributed by atoms with Crippen LogP contribution in [-0.4, -0.2) is 17.0 Å². The summed E-state index contributed by atoms with van der Waals surface area (Å²) in [6.07, 6.45) is 0.573. The van der Waals surface area contributed by atoms with Gasteiger partial charge in [0.25, 0.3) is 0 Å². The molecule has 0 saturated carbocycles. The summed E-state index contributed by atoms with van der Waals surface area (Å²) in [6.45, 7) is 0. The Balaban J connectivity index is 2.21. The van der Waals surface area contributed by atoms with E-state index in [1.807, 2.05) is 36.4 Å². The molecule has 0 aliphatic heterocycles. The van der Waals surface area contributed by atoms with Gasteiger partial charge in [0.2, 0.25) is 0 Å². The van der Waals surface area contributed by atoms with Crippen molar-refractivity contribution in [2.24, 2.45) is 0 Å². The fourth-order valence-electron chi connectivity index (χ4n) is 1.71.